The Morgan fingerprint density at radius 3 is 3.06 bits per heavy atom. The van der Waals surface area contributed by atoms with Gasteiger partial charge < -0.3 is 9.47 Å². The molecule has 2 rings (SSSR count). The number of methoxy groups -OCH3 is 1. The minimum Gasteiger partial charge on any atom is -0.475 e. The van der Waals surface area contributed by atoms with Gasteiger partial charge in [-0.1, -0.05) is 18.2 Å². The van der Waals surface area contributed by atoms with Gasteiger partial charge in [-0.15, -0.1) is 0 Å². The van der Waals surface area contributed by atoms with E-state index in [1.54, 1.807) is 0 Å². The normalized spacial score (nSPS) is 23.1. The lowest BCUT2D eigenvalue weighted by Crippen LogP contribution is -2.41. The van der Waals surface area contributed by atoms with Gasteiger partial charge in [0.15, 0.2) is 6.23 Å². The minimum atomic E-state index is -0.436. The fourth-order valence-corrected chi connectivity index (χ4v) is 1.91. The maximum Gasteiger partial charge on any atom is 0.305 e. The number of para-hydroxylation sites is 1. The van der Waals surface area contributed by atoms with Crippen LogP contribution in [0, 0.1) is 5.92 Å². The summed E-state index contributed by atoms with van der Waals surface area (Å²) in [5, 5.41) is 0. The molecule has 2 unspecified atom stereocenters. The lowest BCUT2D eigenvalue weighted by molar-refractivity contribution is -0.142. The van der Waals surface area contributed by atoms with Crippen LogP contribution in [-0.4, -0.2) is 19.3 Å². The molecule has 2 N–H and O–H groups in total. The fraction of sp³-hybridized carbons (Fsp3) is 0.417. The molecular weight excluding hydrogens is 206 g/mol. The number of hydrogen-bond acceptors (Lipinski definition) is 4. The highest BCUT2D eigenvalue weighted by atomic mass is 16.5. The third-order valence-corrected chi connectivity index (χ3v) is 2.84. The number of ether oxygens (including phenoxy) is 2. The van der Waals surface area contributed by atoms with Gasteiger partial charge in [0.1, 0.15) is 5.75 Å². The number of carbonyl (C=O) groups is 1. The molecule has 2 atom stereocenters. The van der Waals surface area contributed by atoms with Crippen molar-refractivity contribution in [1.82, 2.24) is 0 Å². The van der Waals surface area contributed by atoms with Crippen molar-refractivity contribution in [2.75, 3.05) is 7.11 Å². The van der Waals surface area contributed by atoms with E-state index >= 15 is 0 Å². The van der Waals surface area contributed by atoms with Crippen LogP contribution in [0.1, 0.15) is 12.0 Å². The molecule has 0 saturated heterocycles. The van der Waals surface area contributed by atoms with Gasteiger partial charge in [0.2, 0.25) is 0 Å². The molecule has 1 aromatic rings. The second-order valence-electron chi connectivity index (χ2n) is 3.93. The topological polar surface area (TPSA) is 61.5 Å². The zero-order valence-corrected chi connectivity index (χ0v) is 9.18. The molecule has 0 fully saturated rings. The van der Waals surface area contributed by atoms with Gasteiger partial charge in [-0.05, 0) is 18.1 Å². The summed E-state index contributed by atoms with van der Waals surface area (Å²) in [5.74, 6) is 0.557. The van der Waals surface area contributed by atoms with E-state index in [1.165, 1.54) is 7.11 Å². The average molecular weight is 221 g/mol. The molecule has 0 saturated carbocycles. The summed E-state index contributed by atoms with van der Waals surface area (Å²) in [4.78, 5) is 11.2. The first-order chi connectivity index (χ1) is 7.70. The average Bonchev–Trinajstić information content (AvgIpc) is 2.30. The zero-order valence-electron chi connectivity index (χ0n) is 9.18. The van der Waals surface area contributed by atoms with Crippen molar-refractivity contribution in [2.24, 2.45) is 11.7 Å². The fourth-order valence-electron chi connectivity index (χ4n) is 1.91. The molecule has 1 aliphatic rings. The number of nitrogens with two attached hydrogens (primary N) is 1. The van der Waals surface area contributed by atoms with Crippen LogP contribution in [0.5, 0.6) is 5.75 Å². The van der Waals surface area contributed by atoms with E-state index < -0.39 is 6.23 Å². The van der Waals surface area contributed by atoms with Crippen LogP contribution >= 0.6 is 0 Å². The Bertz CT molecular complexity index is 392. The first-order valence-corrected chi connectivity index (χ1v) is 5.27. The predicted molar refractivity (Wildman–Crippen MR) is 58.9 cm³/mol. The van der Waals surface area contributed by atoms with Crippen molar-refractivity contribution < 1.29 is 14.3 Å². The zero-order chi connectivity index (χ0) is 11.5. The summed E-state index contributed by atoms with van der Waals surface area (Å²) in [5.41, 5.74) is 6.96. The summed E-state index contributed by atoms with van der Waals surface area (Å²) in [6.45, 7) is 0. The first-order valence-electron chi connectivity index (χ1n) is 5.27. The largest absolute Gasteiger partial charge is 0.475 e. The first kappa shape index (κ1) is 11.0. The second kappa shape index (κ2) is 4.53. The molecule has 0 radical (unpaired) electrons. The van der Waals surface area contributed by atoms with E-state index in [9.17, 15) is 4.79 Å². The van der Waals surface area contributed by atoms with Gasteiger partial charge in [-0.25, -0.2) is 0 Å². The van der Waals surface area contributed by atoms with Gasteiger partial charge >= 0.3 is 5.97 Å². The quantitative estimate of drug-likeness (QED) is 0.759. The van der Waals surface area contributed by atoms with Crippen LogP contribution in [0.25, 0.3) is 0 Å². The monoisotopic (exact) mass is 221 g/mol. The molecule has 1 heterocycles. The second-order valence-corrected chi connectivity index (χ2v) is 3.93. The highest BCUT2D eigenvalue weighted by Gasteiger charge is 2.29. The molecule has 0 aliphatic carbocycles. The van der Waals surface area contributed by atoms with Gasteiger partial charge in [0.25, 0.3) is 0 Å². The maximum absolute atomic E-state index is 11.2. The number of carbonyl (C=O) groups excluding carboxylic acids is 1. The number of hydrogen-bond donors (Lipinski definition) is 1. The van der Waals surface area contributed by atoms with Crippen LogP contribution in [0.15, 0.2) is 24.3 Å². The van der Waals surface area contributed by atoms with E-state index in [4.69, 9.17) is 10.5 Å². The van der Waals surface area contributed by atoms with Gasteiger partial charge in [-0.3, -0.25) is 10.5 Å². The molecule has 0 amide bonds. The van der Waals surface area contributed by atoms with Gasteiger partial charge in [0.05, 0.1) is 13.5 Å². The molecule has 0 bridgehead atoms. The Balaban J connectivity index is 2.12. The van der Waals surface area contributed by atoms with E-state index in [2.05, 4.69) is 4.74 Å². The molecule has 1 aliphatic heterocycles. The molecule has 86 valence electrons. The molecule has 4 heteroatoms. The number of fused-ring (bicyclic) bond motifs is 1. The van der Waals surface area contributed by atoms with Gasteiger partial charge in [-0.2, -0.15) is 0 Å². The van der Waals surface area contributed by atoms with Crippen LogP contribution < -0.4 is 10.5 Å². The number of benzene rings is 1. The molecule has 1 aromatic carbocycles. The van der Waals surface area contributed by atoms with E-state index in [1.807, 2.05) is 24.3 Å². The molecule has 16 heavy (non-hydrogen) atoms. The Morgan fingerprint density at radius 2 is 2.31 bits per heavy atom. The van der Waals surface area contributed by atoms with Crippen molar-refractivity contribution in [2.45, 2.75) is 19.1 Å². The Labute approximate surface area is 94.3 Å². The summed E-state index contributed by atoms with van der Waals surface area (Å²) in [7, 11) is 1.38. The maximum atomic E-state index is 11.2. The smallest absolute Gasteiger partial charge is 0.305 e. The number of rotatable bonds is 2. The van der Waals surface area contributed by atoms with Crippen LogP contribution in [0.2, 0.25) is 0 Å². The summed E-state index contributed by atoms with van der Waals surface area (Å²) in [6.07, 6.45) is 0.618. The summed E-state index contributed by atoms with van der Waals surface area (Å²) >= 11 is 0. The predicted octanol–water partition coefficient (Wildman–Crippen LogP) is 1.09. The summed E-state index contributed by atoms with van der Waals surface area (Å²) < 4.78 is 10.2. The SMILES string of the molecule is COC(=O)CC1Cc2ccccc2OC1N. The standard InChI is InChI=1S/C12H15NO3/c1-15-11(14)7-9-6-8-4-2-3-5-10(8)16-12(9)13/h2-5,9,12H,6-7,13H2,1H3. The van der Waals surface area contributed by atoms with Gasteiger partial charge in [0, 0.05) is 5.92 Å². The Morgan fingerprint density at radius 1 is 1.56 bits per heavy atom. The lowest BCUT2D eigenvalue weighted by Gasteiger charge is -2.30. The Hall–Kier alpha value is -1.55. The third kappa shape index (κ3) is 2.17. The van der Waals surface area contributed by atoms with Crippen molar-refractivity contribution in [3.8, 4) is 5.75 Å². The van der Waals surface area contributed by atoms with Crippen molar-refractivity contribution in [3.63, 3.8) is 0 Å². The van der Waals surface area contributed by atoms with Crippen molar-refractivity contribution in [1.29, 1.82) is 0 Å². The minimum absolute atomic E-state index is 0.0117. The van der Waals surface area contributed by atoms with Crippen LogP contribution in [-0.2, 0) is 16.0 Å². The van der Waals surface area contributed by atoms with E-state index in [0.29, 0.717) is 6.42 Å². The molecular formula is C12H15NO3. The summed E-state index contributed by atoms with van der Waals surface area (Å²) in [6, 6.07) is 7.75. The van der Waals surface area contributed by atoms with Crippen molar-refractivity contribution >= 4 is 5.97 Å². The van der Waals surface area contributed by atoms with Crippen LogP contribution in [0.3, 0.4) is 0 Å². The van der Waals surface area contributed by atoms with E-state index in [0.717, 1.165) is 17.7 Å². The highest BCUT2D eigenvalue weighted by Crippen LogP contribution is 2.30. The highest BCUT2D eigenvalue weighted by molar-refractivity contribution is 5.69. The van der Waals surface area contributed by atoms with Crippen LogP contribution in [0.4, 0.5) is 0 Å². The lowest BCUT2D eigenvalue weighted by atomic mass is 9.92. The molecule has 0 aromatic heterocycles. The Kier molecular flexibility index (Phi) is 3.10. The molecule has 4 nitrogen and oxygen atoms in total. The number of esters is 1. The molecule has 0 spiro atoms. The van der Waals surface area contributed by atoms with E-state index in [-0.39, 0.29) is 11.9 Å². The van der Waals surface area contributed by atoms with Crippen molar-refractivity contribution in [3.05, 3.63) is 29.8 Å². The third-order valence-electron chi connectivity index (χ3n) is 2.84.